The van der Waals surface area contributed by atoms with Crippen LogP contribution in [-0.2, 0) is 4.79 Å². The van der Waals surface area contributed by atoms with Crippen LogP contribution in [0, 0.1) is 6.92 Å². The number of carbonyl (C=O) groups is 1. The summed E-state index contributed by atoms with van der Waals surface area (Å²) >= 11 is 1.36. The maximum Gasteiger partial charge on any atom is 0.264 e. The molecule has 0 saturated heterocycles. The molecular formula is C25H22N2O3S. The number of hydrogen-bond donors (Lipinski definition) is 1. The molecule has 1 heterocycles. The summed E-state index contributed by atoms with van der Waals surface area (Å²) in [5.41, 5.74) is 5.11. The fraction of sp³-hybridized carbons (Fsp3) is 0.120. The van der Waals surface area contributed by atoms with Crippen LogP contribution in [0.15, 0.2) is 78.2 Å². The van der Waals surface area contributed by atoms with E-state index in [2.05, 4.69) is 41.5 Å². The molecule has 156 valence electrons. The first kappa shape index (κ1) is 20.6. The number of hydrogen-bond acceptors (Lipinski definition) is 5. The molecule has 5 nitrogen and oxygen atoms in total. The second-order valence-electron chi connectivity index (χ2n) is 6.97. The van der Waals surface area contributed by atoms with Crippen LogP contribution in [0.1, 0.15) is 5.56 Å². The van der Waals surface area contributed by atoms with Crippen LogP contribution >= 0.6 is 11.3 Å². The Balaban J connectivity index is 1.33. The van der Waals surface area contributed by atoms with E-state index in [4.69, 9.17) is 9.47 Å². The van der Waals surface area contributed by atoms with Gasteiger partial charge in [-0.15, -0.1) is 11.3 Å². The van der Waals surface area contributed by atoms with Gasteiger partial charge in [0, 0.05) is 10.9 Å². The summed E-state index contributed by atoms with van der Waals surface area (Å²) in [7, 11) is 1.62. The standard InChI is InChI=1S/C25H22N2O3S/c1-17-7-9-18(10-8-17)19-11-13-20(14-12-19)30-15-24(28)27-25-26-22(16-31-25)21-5-3-4-6-23(21)29-2/h3-14,16H,15H2,1-2H3,(H,26,27,28). The van der Waals surface area contributed by atoms with Crippen LogP contribution in [0.5, 0.6) is 11.5 Å². The molecule has 1 amide bonds. The average Bonchev–Trinajstić information content (AvgIpc) is 3.27. The number of anilines is 1. The van der Waals surface area contributed by atoms with Crippen molar-refractivity contribution in [1.82, 2.24) is 4.98 Å². The van der Waals surface area contributed by atoms with Crippen molar-refractivity contribution in [2.45, 2.75) is 6.92 Å². The molecule has 0 fully saturated rings. The number of amides is 1. The largest absolute Gasteiger partial charge is 0.496 e. The first-order valence-corrected chi connectivity index (χ1v) is 10.7. The number of ether oxygens (including phenoxy) is 2. The molecule has 0 bridgehead atoms. The van der Waals surface area contributed by atoms with E-state index in [0.717, 1.165) is 28.1 Å². The van der Waals surface area contributed by atoms with E-state index in [1.807, 2.05) is 53.9 Å². The van der Waals surface area contributed by atoms with Crippen molar-refractivity contribution in [1.29, 1.82) is 0 Å². The van der Waals surface area contributed by atoms with E-state index in [1.165, 1.54) is 16.9 Å². The number of benzene rings is 3. The van der Waals surface area contributed by atoms with Crippen molar-refractivity contribution in [3.05, 3.63) is 83.7 Å². The predicted molar refractivity (Wildman–Crippen MR) is 125 cm³/mol. The summed E-state index contributed by atoms with van der Waals surface area (Å²) in [6.45, 7) is 1.98. The van der Waals surface area contributed by atoms with E-state index >= 15 is 0 Å². The van der Waals surface area contributed by atoms with E-state index in [0.29, 0.717) is 10.9 Å². The SMILES string of the molecule is COc1ccccc1-c1csc(NC(=O)COc2ccc(-c3ccc(C)cc3)cc2)n1. The molecule has 0 unspecified atom stereocenters. The quantitative estimate of drug-likeness (QED) is 0.402. The number of nitrogens with one attached hydrogen (secondary N) is 1. The third-order valence-electron chi connectivity index (χ3n) is 4.74. The molecule has 4 aromatic rings. The first-order valence-electron chi connectivity index (χ1n) is 9.81. The molecule has 1 aromatic heterocycles. The van der Waals surface area contributed by atoms with Crippen molar-refractivity contribution >= 4 is 22.4 Å². The number of carbonyl (C=O) groups excluding carboxylic acids is 1. The molecule has 3 aromatic carbocycles. The molecule has 1 N–H and O–H groups in total. The Kier molecular flexibility index (Phi) is 6.29. The minimum absolute atomic E-state index is 0.0898. The molecule has 0 radical (unpaired) electrons. The van der Waals surface area contributed by atoms with Crippen molar-refractivity contribution in [3.63, 3.8) is 0 Å². The van der Waals surface area contributed by atoms with Gasteiger partial charge in [0.15, 0.2) is 11.7 Å². The molecule has 0 aliphatic carbocycles. The molecule has 0 spiro atoms. The molecule has 0 saturated carbocycles. The Labute approximate surface area is 185 Å². The zero-order valence-electron chi connectivity index (χ0n) is 17.3. The van der Waals surface area contributed by atoms with Gasteiger partial charge >= 0.3 is 0 Å². The lowest BCUT2D eigenvalue weighted by molar-refractivity contribution is -0.118. The lowest BCUT2D eigenvalue weighted by atomic mass is 10.0. The maximum absolute atomic E-state index is 12.3. The van der Waals surface area contributed by atoms with E-state index in [1.54, 1.807) is 7.11 Å². The van der Waals surface area contributed by atoms with Crippen LogP contribution in [0.4, 0.5) is 5.13 Å². The summed E-state index contributed by atoms with van der Waals surface area (Å²) < 4.78 is 11.0. The zero-order valence-corrected chi connectivity index (χ0v) is 18.1. The number of aryl methyl sites for hydroxylation is 1. The van der Waals surface area contributed by atoms with Gasteiger partial charge in [-0.25, -0.2) is 4.98 Å². The van der Waals surface area contributed by atoms with E-state index in [9.17, 15) is 4.79 Å². The van der Waals surface area contributed by atoms with Gasteiger partial charge in [0.1, 0.15) is 11.5 Å². The van der Waals surface area contributed by atoms with Gasteiger partial charge < -0.3 is 9.47 Å². The van der Waals surface area contributed by atoms with Crippen LogP contribution in [0.2, 0.25) is 0 Å². The Morgan fingerprint density at radius 1 is 0.968 bits per heavy atom. The summed E-state index contributed by atoms with van der Waals surface area (Å²) in [6, 6.07) is 23.7. The van der Waals surface area contributed by atoms with Gasteiger partial charge in [-0.1, -0.05) is 54.1 Å². The van der Waals surface area contributed by atoms with Crippen molar-refractivity contribution < 1.29 is 14.3 Å². The van der Waals surface area contributed by atoms with Crippen molar-refractivity contribution in [3.8, 4) is 33.9 Å². The van der Waals surface area contributed by atoms with Gasteiger partial charge in [0.25, 0.3) is 5.91 Å². The zero-order chi connectivity index (χ0) is 21.6. The second-order valence-corrected chi connectivity index (χ2v) is 7.82. The molecular weight excluding hydrogens is 408 g/mol. The van der Waals surface area contributed by atoms with Crippen LogP contribution < -0.4 is 14.8 Å². The van der Waals surface area contributed by atoms with Gasteiger partial charge in [-0.3, -0.25) is 10.1 Å². The summed E-state index contributed by atoms with van der Waals surface area (Å²) in [6.07, 6.45) is 0. The average molecular weight is 431 g/mol. The summed E-state index contributed by atoms with van der Waals surface area (Å²) in [4.78, 5) is 16.8. The lowest BCUT2D eigenvalue weighted by Crippen LogP contribution is -2.20. The third-order valence-corrected chi connectivity index (χ3v) is 5.50. The fourth-order valence-corrected chi connectivity index (χ4v) is 3.83. The van der Waals surface area contributed by atoms with Gasteiger partial charge in [-0.2, -0.15) is 0 Å². The van der Waals surface area contributed by atoms with Crippen LogP contribution in [0.3, 0.4) is 0 Å². The Hall–Kier alpha value is -3.64. The lowest BCUT2D eigenvalue weighted by Gasteiger charge is -2.08. The highest BCUT2D eigenvalue weighted by Gasteiger charge is 2.12. The molecule has 31 heavy (non-hydrogen) atoms. The Morgan fingerprint density at radius 3 is 2.35 bits per heavy atom. The monoisotopic (exact) mass is 430 g/mol. The minimum atomic E-state index is -0.261. The topological polar surface area (TPSA) is 60.5 Å². The van der Waals surface area contributed by atoms with Crippen LogP contribution in [0.25, 0.3) is 22.4 Å². The number of para-hydroxylation sites is 1. The fourth-order valence-electron chi connectivity index (χ4n) is 3.10. The number of rotatable bonds is 7. The smallest absolute Gasteiger partial charge is 0.264 e. The van der Waals surface area contributed by atoms with Gasteiger partial charge in [0.2, 0.25) is 0 Å². The molecule has 6 heteroatoms. The van der Waals surface area contributed by atoms with Crippen molar-refractivity contribution in [2.24, 2.45) is 0 Å². The van der Waals surface area contributed by atoms with E-state index in [-0.39, 0.29) is 12.5 Å². The van der Waals surface area contributed by atoms with Gasteiger partial charge in [-0.05, 0) is 42.3 Å². The number of methoxy groups -OCH3 is 1. The number of aromatic nitrogens is 1. The predicted octanol–water partition coefficient (Wildman–Crippen LogP) is 5.81. The minimum Gasteiger partial charge on any atom is -0.496 e. The molecule has 0 aliphatic rings. The normalized spacial score (nSPS) is 10.5. The second kappa shape index (κ2) is 9.45. The molecule has 4 rings (SSSR count). The third kappa shape index (κ3) is 5.10. The maximum atomic E-state index is 12.3. The molecule has 0 atom stereocenters. The highest BCUT2D eigenvalue weighted by molar-refractivity contribution is 7.14. The highest BCUT2D eigenvalue weighted by atomic mass is 32.1. The summed E-state index contributed by atoms with van der Waals surface area (Å²) in [5.74, 6) is 1.12. The Morgan fingerprint density at radius 2 is 1.65 bits per heavy atom. The number of nitrogens with zero attached hydrogens (tertiary/aromatic N) is 1. The van der Waals surface area contributed by atoms with E-state index < -0.39 is 0 Å². The Bertz CT molecular complexity index is 1170. The first-order chi connectivity index (χ1) is 15.1. The highest BCUT2D eigenvalue weighted by Crippen LogP contribution is 2.31. The summed E-state index contributed by atoms with van der Waals surface area (Å²) in [5, 5.41) is 5.19. The van der Waals surface area contributed by atoms with Crippen molar-refractivity contribution in [2.75, 3.05) is 19.0 Å². The molecule has 0 aliphatic heterocycles. The van der Waals surface area contributed by atoms with Crippen LogP contribution in [-0.4, -0.2) is 24.6 Å². The number of thiazole rings is 1. The van der Waals surface area contributed by atoms with Gasteiger partial charge in [0.05, 0.1) is 12.8 Å².